The molecule has 0 fully saturated rings. The fourth-order valence-electron chi connectivity index (χ4n) is 2.35. The van der Waals surface area contributed by atoms with Gasteiger partial charge < -0.3 is 18.9 Å². The lowest BCUT2D eigenvalue weighted by atomic mass is 10.2. The number of rotatable bonds is 10. The van der Waals surface area contributed by atoms with Crippen molar-refractivity contribution in [1.82, 2.24) is 5.43 Å². The third kappa shape index (κ3) is 5.51. The van der Waals surface area contributed by atoms with Crippen molar-refractivity contribution in [2.45, 2.75) is 6.92 Å². The number of amides is 1. The van der Waals surface area contributed by atoms with Gasteiger partial charge in [-0.2, -0.15) is 5.10 Å². The van der Waals surface area contributed by atoms with Gasteiger partial charge in [-0.05, 0) is 48.9 Å². The first-order chi connectivity index (χ1) is 13.6. The van der Waals surface area contributed by atoms with Crippen molar-refractivity contribution < 1.29 is 23.7 Å². The standard InChI is InChI=1S/C21H24N2O5/c1-5-11-28-18-9-7-15(12-19(18)25-3)14-22-23-21(24)16-8-10-17(27-6-2)20(13-16)26-4/h5,7-10,12-14H,1,6,11H2,2-4H3,(H,23,24)/b22-14+. The van der Waals surface area contributed by atoms with Crippen molar-refractivity contribution in [2.75, 3.05) is 27.4 Å². The van der Waals surface area contributed by atoms with E-state index in [0.29, 0.717) is 41.8 Å². The molecule has 0 radical (unpaired) electrons. The summed E-state index contributed by atoms with van der Waals surface area (Å²) in [6, 6.07) is 10.3. The molecular weight excluding hydrogens is 360 g/mol. The Bertz CT molecular complexity index is 849. The predicted octanol–water partition coefficient (Wildman–Crippen LogP) is 3.43. The van der Waals surface area contributed by atoms with Crippen LogP contribution in [0.4, 0.5) is 0 Å². The van der Waals surface area contributed by atoms with Crippen molar-refractivity contribution in [2.24, 2.45) is 5.10 Å². The summed E-state index contributed by atoms with van der Waals surface area (Å²) in [6.45, 7) is 6.38. The highest BCUT2D eigenvalue weighted by atomic mass is 16.5. The second-order valence-electron chi connectivity index (χ2n) is 5.51. The molecule has 0 heterocycles. The molecule has 148 valence electrons. The molecule has 0 aliphatic carbocycles. The molecule has 0 saturated carbocycles. The third-order valence-corrected chi connectivity index (χ3v) is 3.65. The SMILES string of the molecule is C=CCOc1ccc(/C=N/NC(=O)c2ccc(OCC)c(OC)c2)cc1OC. The molecule has 0 aliphatic rings. The van der Waals surface area contributed by atoms with Crippen molar-refractivity contribution in [3.05, 3.63) is 60.2 Å². The first-order valence-electron chi connectivity index (χ1n) is 8.68. The van der Waals surface area contributed by atoms with Gasteiger partial charge in [0.1, 0.15) is 6.61 Å². The highest BCUT2D eigenvalue weighted by molar-refractivity contribution is 5.95. The van der Waals surface area contributed by atoms with Gasteiger partial charge in [0, 0.05) is 5.56 Å². The molecule has 0 aliphatic heterocycles. The Morgan fingerprint density at radius 2 is 1.71 bits per heavy atom. The summed E-state index contributed by atoms with van der Waals surface area (Å²) in [5, 5.41) is 3.99. The number of hydrazone groups is 1. The summed E-state index contributed by atoms with van der Waals surface area (Å²) >= 11 is 0. The number of ether oxygens (including phenoxy) is 4. The van der Waals surface area contributed by atoms with Crippen molar-refractivity contribution >= 4 is 12.1 Å². The molecule has 1 amide bonds. The predicted molar refractivity (Wildman–Crippen MR) is 108 cm³/mol. The highest BCUT2D eigenvalue weighted by Crippen LogP contribution is 2.28. The second-order valence-corrected chi connectivity index (χ2v) is 5.51. The lowest BCUT2D eigenvalue weighted by Gasteiger charge is -2.10. The summed E-state index contributed by atoms with van der Waals surface area (Å²) in [7, 11) is 3.08. The monoisotopic (exact) mass is 384 g/mol. The van der Waals surface area contributed by atoms with Crippen LogP contribution in [0.1, 0.15) is 22.8 Å². The van der Waals surface area contributed by atoms with E-state index in [0.717, 1.165) is 5.56 Å². The molecule has 28 heavy (non-hydrogen) atoms. The van der Waals surface area contributed by atoms with Gasteiger partial charge in [0.25, 0.3) is 5.91 Å². The molecule has 1 N–H and O–H groups in total. The van der Waals surface area contributed by atoms with Gasteiger partial charge in [0.2, 0.25) is 0 Å². The Morgan fingerprint density at radius 1 is 1.04 bits per heavy atom. The smallest absolute Gasteiger partial charge is 0.271 e. The fraction of sp³-hybridized carbons (Fsp3) is 0.238. The molecule has 2 aromatic rings. The van der Waals surface area contributed by atoms with Crippen LogP contribution in [0, 0.1) is 0 Å². The van der Waals surface area contributed by atoms with Gasteiger partial charge in [-0.15, -0.1) is 0 Å². The van der Waals surface area contributed by atoms with E-state index in [1.165, 1.54) is 13.3 Å². The summed E-state index contributed by atoms with van der Waals surface area (Å²) in [4.78, 5) is 12.3. The Hall–Kier alpha value is -3.48. The second kappa shape index (κ2) is 10.6. The number of methoxy groups -OCH3 is 2. The average molecular weight is 384 g/mol. The molecule has 2 rings (SSSR count). The first-order valence-corrected chi connectivity index (χ1v) is 8.68. The van der Waals surface area contributed by atoms with E-state index in [-0.39, 0.29) is 5.91 Å². The topological polar surface area (TPSA) is 78.4 Å². The highest BCUT2D eigenvalue weighted by Gasteiger charge is 2.10. The third-order valence-electron chi connectivity index (χ3n) is 3.65. The van der Waals surface area contributed by atoms with Gasteiger partial charge in [0.15, 0.2) is 23.0 Å². The number of nitrogens with one attached hydrogen (secondary N) is 1. The number of hydrogen-bond acceptors (Lipinski definition) is 6. The molecule has 0 unspecified atom stereocenters. The van der Waals surface area contributed by atoms with Crippen LogP contribution in [0.15, 0.2) is 54.2 Å². The molecule has 0 aromatic heterocycles. The lowest BCUT2D eigenvalue weighted by Crippen LogP contribution is -2.17. The number of carbonyl (C=O) groups excluding carboxylic acids is 1. The van der Waals surface area contributed by atoms with Gasteiger partial charge in [-0.1, -0.05) is 12.7 Å². The first kappa shape index (κ1) is 20.8. The van der Waals surface area contributed by atoms with E-state index in [1.807, 2.05) is 6.92 Å². The van der Waals surface area contributed by atoms with Crippen LogP contribution in [0.2, 0.25) is 0 Å². The van der Waals surface area contributed by atoms with Crippen molar-refractivity contribution in [1.29, 1.82) is 0 Å². The van der Waals surface area contributed by atoms with Crippen molar-refractivity contribution in [3.8, 4) is 23.0 Å². The van der Waals surface area contributed by atoms with Gasteiger partial charge in [-0.3, -0.25) is 4.79 Å². The Kier molecular flexibility index (Phi) is 7.90. The molecule has 7 nitrogen and oxygen atoms in total. The maximum Gasteiger partial charge on any atom is 0.271 e. The number of benzene rings is 2. The summed E-state index contributed by atoms with van der Waals surface area (Å²) in [5.74, 6) is 1.86. The lowest BCUT2D eigenvalue weighted by molar-refractivity contribution is 0.0954. The van der Waals surface area contributed by atoms with Gasteiger partial charge >= 0.3 is 0 Å². The minimum Gasteiger partial charge on any atom is -0.493 e. The van der Waals surface area contributed by atoms with Crippen LogP contribution in [0.25, 0.3) is 0 Å². The molecule has 0 spiro atoms. The molecular formula is C21H24N2O5. The maximum absolute atomic E-state index is 12.3. The van der Waals surface area contributed by atoms with Crippen molar-refractivity contribution in [3.63, 3.8) is 0 Å². The quantitative estimate of drug-likeness (QED) is 0.386. The zero-order valence-electron chi connectivity index (χ0n) is 16.2. The van der Waals surface area contributed by atoms with Crippen LogP contribution in [-0.4, -0.2) is 39.6 Å². The van der Waals surface area contributed by atoms with Gasteiger partial charge in [-0.25, -0.2) is 5.43 Å². The minimum absolute atomic E-state index is 0.365. The normalized spacial score (nSPS) is 10.4. The van der Waals surface area contributed by atoms with E-state index in [1.54, 1.807) is 49.6 Å². The van der Waals surface area contributed by atoms with E-state index in [9.17, 15) is 4.79 Å². The number of carbonyl (C=O) groups is 1. The zero-order valence-corrected chi connectivity index (χ0v) is 16.2. The van der Waals surface area contributed by atoms with Crippen LogP contribution in [-0.2, 0) is 0 Å². The molecule has 0 bridgehead atoms. The Labute approximate surface area is 164 Å². The molecule has 2 aromatic carbocycles. The van der Waals surface area contributed by atoms with Crippen LogP contribution in [0.5, 0.6) is 23.0 Å². The Balaban J connectivity index is 2.05. The van der Waals surface area contributed by atoms with E-state index < -0.39 is 0 Å². The van der Waals surface area contributed by atoms with E-state index >= 15 is 0 Å². The molecule has 7 heteroatoms. The summed E-state index contributed by atoms with van der Waals surface area (Å²) < 4.78 is 21.5. The summed E-state index contributed by atoms with van der Waals surface area (Å²) in [6.07, 6.45) is 3.17. The zero-order chi connectivity index (χ0) is 20.4. The van der Waals surface area contributed by atoms with E-state index in [2.05, 4.69) is 17.1 Å². The summed E-state index contributed by atoms with van der Waals surface area (Å²) in [5.41, 5.74) is 3.63. The molecule has 0 saturated heterocycles. The van der Waals surface area contributed by atoms with Crippen LogP contribution < -0.4 is 24.4 Å². The largest absolute Gasteiger partial charge is 0.493 e. The van der Waals surface area contributed by atoms with Gasteiger partial charge in [0.05, 0.1) is 27.0 Å². The maximum atomic E-state index is 12.3. The van der Waals surface area contributed by atoms with E-state index in [4.69, 9.17) is 18.9 Å². The number of hydrogen-bond donors (Lipinski definition) is 1. The number of nitrogens with zero attached hydrogens (tertiary/aromatic N) is 1. The average Bonchev–Trinajstić information content (AvgIpc) is 2.72. The van der Waals surface area contributed by atoms with Crippen LogP contribution in [0.3, 0.4) is 0 Å². The fourth-order valence-corrected chi connectivity index (χ4v) is 2.35. The molecule has 0 atom stereocenters. The Morgan fingerprint density at radius 3 is 2.39 bits per heavy atom. The van der Waals surface area contributed by atoms with Crippen LogP contribution >= 0.6 is 0 Å². The minimum atomic E-state index is -0.365.